The smallest absolute Gasteiger partial charge is 0.286 e. The first kappa shape index (κ1) is 16.3. The molecule has 0 aliphatic heterocycles. The van der Waals surface area contributed by atoms with Crippen molar-refractivity contribution in [3.05, 3.63) is 58.3 Å². The van der Waals surface area contributed by atoms with Gasteiger partial charge in [-0.1, -0.05) is 28.1 Å². The number of nitrogens with one attached hydrogen (secondary N) is 2. The lowest BCUT2D eigenvalue weighted by molar-refractivity contribution is -0.126. The minimum Gasteiger partial charge on any atom is -0.347 e. The Kier molecular flexibility index (Phi) is 4.71. The molecule has 0 aliphatic rings. The monoisotopic (exact) mass is 363 g/mol. The van der Waals surface area contributed by atoms with Crippen molar-refractivity contribution in [1.29, 1.82) is 0 Å². The minimum atomic E-state index is -0.762. The maximum atomic E-state index is 12.4. The molecule has 2 amide bonds. The first-order valence-corrected chi connectivity index (χ1v) is 7.60. The Labute approximate surface area is 137 Å². The summed E-state index contributed by atoms with van der Waals surface area (Å²) in [6, 6.07) is 11.0. The van der Waals surface area contributed by atoms with Crippen molar-refractivity contribution < 1.29 is 9.59 Å². The van der Waals surface area contributed by atoms with Crippen LogP contribution in [-0.2, 0) is 17.3 Å². The van der Waals surface area contributed by atoms with Crippen LogP contribution in [0.5, 0.6) is 0 Å². The van der Waals surface area contributed by atoms with E-state index in [2.05, 4.69) is 26.8 Å². The molecule has 5 nitrogen and oxygen atoms in total. The molecule has 0 fully saturated rings. The molecule has 1 aromatic heterocycles. The van der Waals surface area contributed by atoms with Crippen molar-refractivity contribution in [2.75, 3.05) is 0 Å². The number of aromatic nitrogens is 1. The average molecular weight is 364 g/mol. The number of hydrazine groups is 1. The zero-order chi connectivity index (χ0) is 16.3. The van der Waals surface area contributed by atoms with Crippen LogP contribution in [0.4, 0.5) is 0 Å². The van der Waals surface area contributed by atoms with Crippen molar-refractivity contribution in [3.8, 4) is 0 Å². The number of aryl methyl sites for hydroxylation is 1. The first-order valence-electron chi connectivity index (χ1n) is 6.80. The van der Waals surface area contributed by atoms with Crippen LogP contribution in [-0.4, -0.2) is 16.4 Å². The van der Waals surface area contributed by atoms with Crippen molar-refractivity contribution >= 4 is 27.7 Å². The Morgan fingerprint density at radius 2 is 1.73 bits per heavy atom. The summed E-state index contributed by atoms with van der Waals surface area (Å²) in [6.45, 7) is 3.61. The third-order valence-electron chi connectivity index (χ3n) is 3.60. The van der Waals surface area contributed by atoms with E-state index in [4.69, 9.17) is 0 Å². The number of hydrogen-bond donors (Lipinski definition) is 2. The van der Waals surface area contributed by atoms with E-state index in [1.165, 1.54) is 0 Å². The maximum Gasteiger partial charge on any atom is 0.286 e. The van der Waals surface area contributed by atoms with E-state index >= 15 is 0 Å². The molecule has 22 heavy (non-hydrogen) atoms. The average Bonchev–Trinajstić information content (AvgIpc) is 2.91. The number of nitrogens with zero attached hydrogens (tertiary/aromatic N) is 1. The topological polar surface area (TPSA) is 63.1 Å². The van der Waals surface area contributed by atoms with Gasteiger partial charge in [0.1, 0.15) is 5.69 Å². The van der Waals surface area contributed by atoms with E-state index in [-0.39, 0.29) is 11.8 Å². The Balaban J connectivity index is 2.03. The van der Waals surface area contributed by atoms with Gasteiger partial charge in [0.2, 0.25) is 5.91 Å². The highest BCUT2D eigenvalue weighted by Crippen LogP contribution is 2.24. The molecule has 2 N–H and O–H groups in total. The summed E-state index contributed by atoms with van der Waals surface area (Å²) in [7, 11) is 1.77. The van der Waals surface area contributed by atoms with Gasteiger partial charge < -0.3 is 4.57 Å². The predicted molar refractivity (Wildman–Crippen MR) is 88.2 cm³/mol. The zero-order valence-electron chi connectivity index (χ0n) is 12.7. The van der Waals surface area contributed by atoms with Crippen LogP contribution in [0.2, 0.25) is 0 Å². The van der Waals surface area contributed by atoms with E-state index in [1.807, 2.05) is 24.3 Å². The summed E-state index contributed by atoms with van der Waals surface area (Å²) in [6.07, 6.45) is 1.77. The molecule has 0 saturated carbocycles. The number of rotatable bonds is 3. The molecule has 0 radical (unpaired) electrons. The zero-order valence-corrected chi connectivity index (χ0v) is 14.3. The molecule has 2 rings (SSSR count). The lowest BCUT2D eigenvalue weighted by atomic mass is 9.84. The predicted octanol–water partition coefficient (Wildman–Crippen LogP) is 2.53. The molecule has 1 heterocycles. The fraction of sp³-hybridized carbons (Fsp3) is 0.250. The lowest BCUT2D eigenvalue weighted by Gasteiger charge is -2.24. The Bertz CT molecular complexity index is 690. The van der Waals surface area contributed by atoms with Crippen molar-refractivity contribution in [3.63, 3.8) is 0 Å². The molecule has 2 aromatic rings. The highest BCUT2D eigenvalue weighted by atomic mass is 79.9. The van der Waals surface area contributed by atoms with Crippen LogP contribution in [0.3, 0.4) is 0 Å². The van der Waals surface area contributed by atoms with E-state index in [1.54, 1.807) is 43.8 Å². The fourth-order valence-corrected chi connectivity index (χ4v) is 2.29. The summed E-state index contributed by atoms with van der Waals surface area (Å²) < 4.78 is 2.63. The number of halogens is 1. The van der Waals surface area contributed by atoms with Gasteiger partial charge in [-0.3, -0.25) is 20.4 Å². The van der Waals surface area contributed by atoms with Crippen molar-refractivity contribution in [1.82, 2.24) is 15.4 Å². The Morgan fingerprint density at radius 1 is 1.09 bits per heavy atom. The number of carbonyl (C=O) groups excluding carboxylic acids is 2. The Hall–Kier alpha value is -2.08. The van der Waals surface area contributed by atoms with Crippen LogP contribution in [0.1, 0.15) is 29.9 Å². The van der Waals surface area contributed by atoms with E-state index in [0.717, 1.165) is 10.0 Å². The van der Waals surface area contributed by atoms with Crippen LogP contribution in [0.25, 0.3) is 0 Å². The minimum absolute atomic E-state index is 0.280. The van der Waals surface area contributed by atoms with Gasteiger partial charge >= 0.3 is 0 Å². The lowest BCUT2D eigenvalue weighted by Crippen LogP contribution is -2.49. The van der Waals surface area contributed by atoms with Gasteiger partial charge in [-0.15, -0.1) is 0 Å². The van der Waals surface area contributed by atoms with Crippen LogP contribution >= 0.6 is 15.9 Å². The number of amides is 2. The fourth-order valence-electron chi connectivity index (χ4n) is 2.03. The summed E-state index contributed by atoms with van der Waals surface area (Å²) in [5, 5.41) is 0. The van der Waals surface area contributed by atoms with E-state index in [0.29, 0.717) is 5.69 Å². The molecule has 0 saturated heterocycles. The van der Waals surface area contributed by atoms with Crippen LogP contribution in [0, 0.1) is 0 Å². The summed E-state index contributed by atoms with van der Waals surface area (Å²) in [5.41, 5.74) is 5.51. The molecule has 6 heteroatoms. The highest BCUT2D eigenvalue weighted by Gasteiger charge is 2.30. The number of hydrogen-bond acceptors (Lipinski definition) is 2. The second kappa shape index (κ2) is 6.36. The second-order valence-electron chi connectivity index (χ2n) is 5.54. The Morgan fingerprint density at radius 3 is 2.27 bits per heavy atom. The van der Waals surface area contributed by atoms with E-state index < -0.39 is 5.41 Å². The molecular weight excluding hydrogens is 346 g/mol. The molecule has 0 aliphatic carbocycles. The highest BCUT2D eigenvalue weighted by molar-refractivity contribution is 9.10. The van der Waals surface area contributed by atoms with Crippen molar-refractivity contribution in [2.24, 2.45) is 7.05 Å². The molecule has 1 aromatic carbocycles. The maximum absolute atomic E-state index is 12.4. The molecular formula is C16H18BrN3O2. The molecule has 0 bridgehead atoms. The first-order chi connectivity index (χ1) is 10.3. The van der Waals surface area contributed by atoms with Gasteiger partial charge in [0, 0.05) is 17.7 Å². The standard InChI is InChI=1S/C16H18BrN3O2/c1-16(2,11-6-8-12(17)9-7-11)15(22)19-18-14(21)13-5-4-10-20(13)3/h4-10H,1-3H3,(H,18,21)(H,19,22). The van der Waals surface area contributed by atoms with Crippen molar-refractivity contribution in [2.45, 2.75) is 19.3 Å². The van der Waals surface area contributed by atoms with Gasteiger partial charge in [-0.2, -0.15) is 0 Å². The normalized spacial score (nSPS) is 11.1. The third-order valence-corrected chi connectivity index (χ3v) is 4.13. The SMILES string of the molecule is Cn1cccc1C(=O)NNC(=O)C(C)(C)c1ccc(Br)cc1. The van der Waals surface area contributed by atoms with Crippen LogP contribution < -0.4 is 10.9 Å². The molecule has 0 unspecified atom stereocenters. The van der Waals surface area contributed by atoms with Gasteiger partial charge in [0.05, 0.1) is 5.41 Å². The largest absolute Gasteiger partial charge is 0.347 e. The summed E-state index contributed by atoms with van der Waals surface area (Å²) in [5.74, 6) is -0.634. The summed E-state index contributed by atoms with van der Waals surface area (Å²) >= 11 is 3.37. The van der Waals surface area contributed by atoms with Gasteiger partial charge in [-0.05, 0) is 43.7 Å². The number of carbonyl (C=O) groups is 2. The van der Waals surface area contributed by atoms with Crippen LogP contribution in [0.15, 0.2) is 47.1 Å². The third kappa shape index (κ3) is 3.39. The molecule has 116 valence electrons. The van der Waals surface area contributed by atoms with Gasteiger partial charge in [0.15, 0.2) is 0 Å². The molecule has 0 atom stereocenters. The molecule has 0 spiro atoms. The summed E-state index contributed by atoms with van der Waals surface area (Å²) in [4.78, 5) is 24.4. The van der Waals surface area contributed by atoms with Gasteiger partial charge in [-0.25, -0.2) is 0 Å². The van der Waals surface area contributed by atoms with Gasteiger partial charge in [0.25, 0.3) is 5.91 Å². The quantitative estimate of drug-likeness (QED) is 0.823. The second-order valence-corrected chi connectivity index (χ2v) is 6.46. The number of benzene rings is 1. The van der Waals surface area contributed by atoms with E-state index in [9.17, 15) is 9.59 Å².